The van der Waals surface area contributed by atoms with Crippen LogP contribution in [-0.4, -0.2) is 73.7 Å². The van der Waals surface area contributed by atoms with E-state index in [1.54, 1.807) is 12.1 Å². The van der Waals surface area contributed by atoms with Gasteiger partial charge >= 0.3 is 0 Å². The molecule has 0 aromatic heterocycles. The van der Waals surface area contributed by atoms with Gasteiger partial charge in [-0.1, -0.05) is 23.2 Å². The minimum absolute atomic E-state index is 0.0337. The topological polar surface area (TPSA) is 105 Å². The first-order chi connectivity index (χ1) is 16.6. The van der Waals surface area contributed by atoms with E-state index in [0.717, 1.165) is 12.8 Å². The van der Waals surface area contributed by atoms with E-state index < -0.39 is 20.0 Å². The molecule has 0 saturated carbocycles. The molecule has 2 aromatic rings. The third-order valence-electron chi connectivity index (χ3n) is 6.04. The van der Waals surface area contributed by atoms with Crippen LogP contribution in [0.25, 0.3) is 0 Å². The Morgan fingerprint density at radius 2 is 1.69 bits per heavy atom. The Bertz CT molecular complexity index is 1260. The molecule has 2 aliphatic heterocycles. The van der Waals surface area contributed by atoms with E-state index in [4.69, 9.17) is 32.7 Å². The average Bonchev–Trinajstić information content (AvgIpc) is 3.36. The quantitative estimate of drug-likeness (QED) is 0.526. The van der Waals surface area contributed by atoms with Gasteiger partial charge in [-0.05, 0) is 49.2 Å². The molecule has 35 heavy (non-hydrogen) atoms. The Labute approximate surface area is 216 Å². The third kappa shape index (κ3) is 6.04. The van der Waals surface area contributed by atoms with Gasteiger partial charge in [0, 0.05) is 49.4 Å². The third-order valence-corrected chi connectivity index (χ3v) is 9.77. The number of hydrogen-bond donors (Lipinski definition) is 1. The lowest BCUT2D eigenvalue weighted by molar-refractivity contribution is 0.114. The standard InChI is InChI=1S/C22H27Cl2N3O6S2/c1-32-22-5-4-19(34(28,29)25-15-18-3-2-10-33-18)14-21(22)26-6-8-27(9-7-26)35(30,31)20-12-16(23)11-17(24)13-20/h4-5,11-14,18,25H,2-3,6-10,15H2,1H3/t18-/m1/s1. The van der Waals surface area contributed by atoms with Crippen LogP contribution in [0, 0.1) is 0 Å². The van der Waals surface area contributed by atoms with Gasteiger partial charge in [0.1, 0.15) is 5.75 Å². The number of piperazine rings is 1. The number of methoxy groups -OCH3 is 1. The summed E-state index contributed by atoms with van der Waals surface area (Å²) in [4.78, 5) is 2.05. The van der Waals surface area contributed by atoms with Crippen LogP contribution in [0.5, 0.6) is 5.75 Å². The van der Waals surface area contributed by atoms with Gasteiger partial charge < -0.3 is 14.4 Å². The zero-order chi connectivity index (χ0) is 25.2. The van der Waals surface area contributed by atoms with E-state index in [9.17, 15) is 16.8 Å². The van der Waals surface area contributed by atoms with E-state index >= 15 is 0 Å². The van der Waals surface area contributed by atoms with Crippen LogP contribution in [0.15, 0.2) is 46.2 Å². The zero-order valence-electron chi connectivity index (χ0n) is 19.1. The van der Waals surface area contributed by atoms with Crippen molar-refractivity contribution in [2.75, 3.05) is 51.3 Å². The summed E-state index contributed by atoms with van der Waals surface area (Å²) < 4.78 is 66.9. The van der Waals surface area contributed by atoms with Gasteiger partial charge in [-0.2, -0.15) is 4.31 Å². The molecule has 4 rings (SSSR count). The fourth-order valence-corrected chi connectivity index (χ4v) is 7.41. The summed E-state index contributed by atoms with van der Waals surface area (Å²) >= 11 is 12.0. The second-order valence-corrected chi connectivity index (χ2v) is 12.9. The fraction of sp³-hybridized carbons (Fsp3) is 0.455. The van der Waals surface area contributed by atoms with Gasteiger partial charge in [-0.15, -0.1) is 0 Å². The predicted octanol–water partition coefficient (Wildman–Crippen LogP) is 2.97. The maximum absolute atomic E-state index is 13.1. The lowest BCUT2D eigenvalue weighted by Crippen LogP contribution is -2.48. The number of hydrogen-bond acceptors (Lipinski definition) is 7. The van der Waals surface area contributed by atoms with Gasteiger partial charge in [0.05, 0.1) is 28.7 Å². The molecule has 2 fully saturated rings. The minimum atomic E-state index is -3.79. The number of halogens is 2. The second-order valence-electron chi connectivity index (χ2n) is 8.32. The van der Waals surface area contributed by atoms with Crippen molar-refractivity contribution in [3.63, 3.8) is 0 Å². The number of rotatable bonds is 8. The molecule has 0 spiro atoms. The Morgan fingerprint density at radius 3 is 2.29 bits per heavy atom. The van der Waals surface area contributed by atoms with Crippen molar-refractivity contribution >= 4 is 48.9 Å². The Hall–Kier alpha value is -1.60. The first kappa shape index (κ1) is 26.5. The van der Waals surface area contributed by atoms with E-state index in [0.29, 0.717) is 31.1 Å². The zero-order valence-corrected chi connectivity index (χ0v) is 22.3. The Kier molecular flexibility index (Phi) is 8.16. The summed E-state index contributed by atoms with van der Waals surface area (Å²) in [5, 5.41) is 0.483. The molecule has 0 amide bonds. The van der Waals surface area contributed by atoms with Gasteiger partial charge in [0.2, 0.25) is 20.0 Å². The molecule has 2 heterocycles. The monoisotopic (exact) mass is 563 g/mol. The summed E-state index contributed by atoms with van der Waals surface area (Å²) in [6.45, 7) is 1.94. The molecule has 192 valence electrons. The minimum Gasteiger partial charge on any atom is -0.495 e. The normalized spacial score (nSPS) is 19.7. The molecule has 1 atom stereocenters. The molecule has 2 aliphatic rings. The van der Waals surface area contributed by atoms with Crippen LogP contribution in [-0.2, 0) is 24.8 Å². The molecule has 0 bridgehead atoms. The van der Waals surface area contributed by atoms with Gasteiger partial charge in [0.25, 0.3) is 0 Å². The van der Waals surface area contributed by atoms with Crippen molar-refractivity contribution in [1.82, 2.24) is 9.03 Å². The average molecular weight is 565 g/mol. The highest BCUT2D eigenvalue weighted by Crippen LogP contribution is 2.33. The second kappa shape index (κ2) is 10.8. The highest BCUT2D eigenvalue weighted by molar-refractivity contribution is 7.89. The Morgan fingerprint density at radius 1 is 1.00 bits per heavy atom. The van der Waals surface area contributed by atoms with Crippen molar-refractivity contribution in [3.8, 4) is 5.75 Å². The highest BCUT2D eigenvalue weighted by Gasteiger charge is 2.30. The van der Waals surface area contributed by atoms with E-state index in [1.807, 2.05) is 4.90 Å². The largest absolute Gasteiger partial charge is 0.495 e. The maximum Gasteiger partial charge on any atom is 0.243 e. The lowest BCUT2D eigenvalue weighted by atomic mass is 10.2. The highest BCUT2D eigenvalue weighted by atomic mass is 35.5. The number of anilines is 1. The molecule has 9 nitrogen and oxygen atoms in total. The summed E-state index contributed by atoms with van der Waals surface area (Å²) in [6.07, 6.45) is 1.63. The van der Waals surface area contributed by atoms with Gasteiger partial charge in [0.15, 0.2) is 0 Å². The van der Waals surface area contributed by atoms with E-state index in [1.165, 1.54) is 35.7 Å². The molecule has 0 unspecified atom stereocenters. The van der Waals surface area contributed by atoms with Crippen LogP contribution in [0.1, 0.15) is 12.8 Å². The molecule has 0 radical (unpaired) electrons. The van der Waals surface area contributed by atoms with Crippen molar-refractivity contribution in [2.24, 2.45) is 0 Å². The molecule has 2 saturated heterocycles. The molecule has 0 aliphatic carbocycles. The van der Waals surface area contributed by atoms with Gasteiger partial charge in [-0.3, -0.25) is 0 Å². The molecular weight excluding hydrogens is 537 g/mol. The van der Waals surface area contributed by atoms with E-state index in [-0.39, 0.29) is 45.6 Å². The number of benzene rings is 2. The first-order valence-electron chi connectivity index (χ1n) is 11.1. The van der Waals surface area contributed by atoms with Crippen LogP contribution >= 0.6 is 23.2 Å². The molecule has 1 N–H and O–H groups in total. The van der Waals surface area contributed by atoms with Gasteiger partial charge in [-0.25, -0.2) is 21.6 Å². The fourth-order valence-electron chi connectivity index (χ4n) is 4.17. The number of sulfonamides is 2. The number of ether oxygens (including phenoxy) is 2. The first-order valence-corrected chi connectivity index (χ1v) is 14.8. The van der Waals surface area contributed by atoms with Crippen LogP contribution in [0.4, 0.5) is 5.69 Å². The van der Waals surface area contributed by atoms with E-state index in [2.05, 4.69) is 4.72 Å². The molecule has 13 heteroatoms. The maximum atomic E-state index is 13.1. The Balaban J connectivity index is 1.49. The smallest absolute Gasteiger partial charge is 0.243 e. The van der Waals surface area contributed by atoms with Crippen molar-refractivity contribution in [1.29, 1.82) is 0 Å². The van der Waals surface area contributed by atoms with Crippen molar-refractivity contribution in [2.45, 2.75) is 28.7 Å². The van der Waals surface area contributed by atoms with Crippen molar-refractivity contribution in [3.05, 3.63) is 46.4 Å². The molecule has 2 aromatic carbocycles. The lowest BCUT2D eigenvalue weighted by Gasteiger charge is -2.36. The van der Waals surface area contributed by atoms with Crippen molar-refractivity contribution < 1.29 is 26.3 Å². The van der Waals surface area contributed by atoms with Crippen LogP contribution in [0.2, 0.25) is 10.0 Å². The summed E-state index contributed by atoms with van der Waals surface area (Å²) in [7, 11) is -6.04. The SMILES string of the molecule is COc1ccc(S(=O)(=O)NC[C@H]2CCCO2)cc1N1CCN(S(=O)(=O)c2cc(Cl)cc(Cl)c2)CC1. The van der Waals surface area contributed by atoms with Crippen LogP contribution < -0.4 is 14.4 Å². The van der Waals surface area contributed by atoms with Crippen LogP contribution in [0.3, 0.4) is 0 Å². The summed E-state index contributed by atoms with van der Waals surface area (Å²) in [5.74, 6) is 0.501. The summed E-state index contributed by atoms with van der Waals surface area (Å²) in [5.41, 5.74) is 0.579. The number of nitrogens with one attached hydrogen (secondary N) is 1. The molecular formula is C22H27Cl2N3O6S2. The summed E-state index contributed by atoms with van der Waals surface area (Å²) in [6, 6.07) is 8.86. The number of nitrogens with zero attached hydrogens (tertiary/aromatic N) is 2. The predicted molar refractivity (Wildman–Crippen MR) is 135 cm³/mol.